The van der Waals surface area contributed by atoms with Crippen molar-refractivity contribution in [1.82, 2.24) is 5.32 Å². The molecule has 0 saturated carbocycles. The van der Waals surface area contributed by atoms with Gasteiger partial charge in [0.05, 0.1) is 0 Å². The highest BCUT2D eigenvalue weighted by Gasteiger charge is 2.07. The molecule has 0 aliphatic rings. The zero-order valence-electron chi connectivity index (χ0n) is 11.6. The monoisotopic (exact) mass is 295 g/mol. The normalized spacial score (nSPS) is 10.7. The molecule has 0 fully saturated rings. The van der Waals surface area contributed by atoms with Gasteiger partial charge in [0.15, 0.2) is 11.6 Å². The maximum atomic E-state index is 13.7. The van der Waals surface area contributed by atoms with Gasteiger partial charge in [-0.3, -0.25) is 0 Å². The molecule has 0 bridgehead atoms. The zero-order chi connectivity index (χ0) is 15.2. The van der Waals surface area contributed by atoms with E-state index in [0.29, 0.717) is 12.1 Å². The summed E-state index contributed by atoms with van der Waals surface area (Å²) in [6.45, 7) is 3.39. The lowest BCUT2D eigenvalue weighted by Gasteiger charge is -2.10. The number of halogens is 3. The number of hydrogen-bond acceptors (Lipinski definition) is 2. The van der Waals surface area contributed by atoms with Crippen molar-refractivity contribution >= 4 is 0 Å². The second-order valence-corrected chi connectivity index (χ2v) is 4.57. The fourth-order valence-corrected chi connectivity index (χ4v) is 1.85. The van der Waals surface area contributed by atoms with Crippen LogP contribution in [0.1, 0.15) is 18.1 Å². The first-order valence-electron chi connectivity index (χ1n) is 6.66. The fraction of sp³-hybridized carbons (Fsp3) is 0.250. The van der Waals surface area contributed by atoms with Crippen molar-refractivity contribution in [3.8, 4) is 5.75 Å². The van der Waals surface area contributed by atoms with Gasteiger partial charge in [-0.15, -0.1) is 0 Å². The maximum Gasteiger partial charge on any atom is 0.162 e. The molecule has 2 rings (SSSR count). The van der Waals surface area contributed by atoms with Gasteiger partial charge in [-0.05, 0) is 36.4 Å². The molecule has 0 heterocycles. The van der Waals surface area contributed by atoms with E-state index in [0.717, 1.165) is 24.2 Å². The standard InChI is InChI=1S/C16H16F3NO/c1-2-20-9-11-3-5-14(17)12(7-11)10-21-13-4-6-15(18)16(19)8-13/h3-8,20H,2,9-10H2,1H3. The number of rotatable bonds is 6. The Kier molecular flexibility index (Phi) is 5.22. The molecule has 0 saturated heterocycles. The average molecular weight is 295 g/mol. The predicted octanol–water partition coefficient (Wildman–Crippen LogP) is 3.79. The Morgan fingerprint density at radius 1 is 0.952 bits per heavy atom. The van der Waals surface area contributed by atoms with E-state index in [2.05, 4.69) is 5.32 Å². The lowest BCUT2D eigenvalue weighted by atomic mass is 10.1. The van der Waals surface area contributed by atoms with Crippen LogP contribution < -0.4 is 10.1 Å². The highest BCUT2D eigenvalue weighted by atomic mass is 19.2. The summed E-state index contributed by atoms with van der Waals surface area (Å²) in [6, 6.07) is 7.98. The van der Waals surface area contributed by atoms with E-state index < -0.39 is 17.5 Å². The van der Waals surface area contributed by atoms with Crippen LogP contribution in [0.5, 0.6) is 5.75 Å². The Hall–Kier alpha value is -2.01. The summed E-state index contributed by atoms with van der Waals surface area (Å²) in [5.41, 5.74) is 1.30. The highest BCUT2D eigenvalue weighted by molar-refractivity contribution is 5.27. The molecule has 2 aromatic rings. The molecule has 2 aromatic carbocycles. The van der Waals surface area contributed by atoms with Crippen LogP contribution in [0.4, 0.5) is 13.2 Å². The smallest absolute Gasteiger partial charge is 0.162 e. The minimum Gasteiger partial charge on any atom is -0.489 e. The molecule has 0 unspecified atom stereocenters. The molecule has 5 heteroatoms. The van der Waals surface area contributed by atoms with Crippen LogP contribution in [0.25, 0.3) is 0 Å². The van der Waals surface area contributed by atoms with Gasteiger partial charge < -0.3 is 10.1 Å². The molecule has 0 aliphatic carbocycles. The number of ether oxygens (including phenoxy) is 1. The quantitative estimate of drug-likeness (QED) is 0.875. The molecule has 21 heavy (non-hydrogen) atoms. The number of benzene rings is 2. The summed E-state index contributed by atoms with van der Waals surface area (Å²) >= 11 is 0. The van der Waals surface area contributed by atoms with E-state index in [-0.39, 0.29) is 12.4 Å². The first-order chi connectivity index (χ1) is 10.1. The zero-order valence-corrected chi connectivity index (χ0v) is 11.6. The lowest BCUT2D eigenvalue weighted by molar-refractivity contribution is 0.297. The molecule has 1 N–H and O–H groups in total. The second-order valence-electron chi connectivity index (χ2n) is 4.57. The molecule has 0 amide bonds. The van der Waals surface area contributed by atoms with Gasteiger partial charge in [-0.1, -0.05) is 13.0 Å². The Morgan fingerprint density at radius 3 is 2.43 bits per heavy atom. The van der Waals surface area contributed by atoms with Gasteiger partial charge in [0, 0.05) is 18.2 Å². The third-order valence-electron chi connectivity index (χ3n) is 2.97. The van der Waals surface area contributed by atoms with E-state index in [4.69, 9.17) is 4.74 Å². The maximum absolute atomic E-state index is 13.7. The van der Waals surface area contributed by atoms with Crippen molar-refractivity contribution in [1.29, 1.82) is 0 Å². The van der Waals surface area contributed by atoms with E-state index in [1.54, 1.807) is 12.1 Å². The molecule has 0 aliphatic heterocycles. The van der Waals surface area contributed by atoms with Gasteiger partial charge in [-0.2, -0.15) is 0 Å². The fourth-order valence-electron chi connectivity index (χ4n) is 1.85. The number of hydrogen-bond donors (Lipinski definition) is 1. The van der Waals surface area contributed by atoms with Crippen molar-refractivity contribution in [2.75, 3.05) is 6.54 Å². The van der Waals surface area contributed by atoms with E-state index in [9.17, 15) is 13.2 Å². The molecular weight excluding hydrogens is 279 g/mol. The van der Waals surface area contributed by atoms with E-state index >= 15 is 0 Å². The molecule has 112 valence electrons. The van der Waals surface area contributed by atoms with Gasteiger partial charge in [0.2, 0.25) is 0 Å². The largest absolute Gasteiger partial charge is 0.489 e. The second kappa shape index (κ2) is 7.13. The third-order valence-corrected chi connectivity index (χ3v) is 2.97. The average Bonchev–Trinajstić information content (AvgIpc) is 2.48. The lowest BCUT2D eigenvalue weighted by Crippen LogP contribution is -2.12. The molecule has 0 spiro atoms. The van der Waals surface area contributed by atoms with Crippen molar-refractivity contribution in [2.24, 2.45) is 0 Å². The number of nitrogens with one attached hydrogen (secondary N) is 1. The van der Waals surface area contributed by atoms with E-state index in [1.165, 1.54) is 12.1 Å². The first-order valence-corrected chi connectivity index (χ1v) is 6.66. The molecule has 0 aromatic heterocycles. The van der Waals surface area contributed by atoms with E-state index in [1.807, 2.05) is 6.92 Å². The first kappa shape index (κ1) is 15.4. The van der Waals surface area contributed by atoms with Crippen LogP contribution in [0.2, 0.25) is 0 Å². The molecule has 0 radical (unpaired) electrons. The van der Waals surface area contributed by atoms with Crippen LogP contribution in [0, 0.1) is 17.5 Å². The van der Waals surface area contributed by atoms with Crippen LogP contribution in [0.3, 0.4) is 0 Å². The summed E-state index contributed by atoms with van der Waals surface area (Å²) < 4.78 is 44.9. The van der Waals surface area contributed by atoms with Crippen LogP contribution in [-0.2, 0) is 13.2 Å². The van der Waals surface area contributed by atoms with Crippen molar-refractivity contribution < 1.29 is 17.9 Å². The van der Waals surface area contributed by atoms with Crippen molar-refractivity contribution in [3.63, 3.8) is 0 Å². The predicted molar refractivity (Wildman–Crippen MR) is 74.5 cm³/mol. The SMILES string of the molecule is CCNCc1ccc(F)c(COc2ccc(F)c(F)c2)c1. The summed E-state index contributed by atoms with van der Waals surface area (Å²) in [5.74, 6) is -2.17. The van der Waals surface area contributed by atoms with Crippen molar-refractivity contribution in [3.05, 3.63) is 65.0 Å². The third kappa shape index (κ3) is 4.23. The highest BCUT2D eigenvalue weighted by Crippen LogP contribution is 2.18. The molecular formula is C16H16F3NO. The van der Waals surface area contributed by atoms with Crippen molar-refractivity contribution in [2.45, 2.75) is 20.1 Å². The van der Waals surface area contributed by atoms with Gasteiger partial charge in [0.25, 0.3) is 0 Å². The van der Waals surface area contributed by atoms with Crippen LogP contribution in [-0.4, -0.2) is 6.54 Å². The summed E-state index contributed by atoms with van der Waals surface area (Å²) in [7, 11) is 0. The van der Waals surface area contributed by atoms with Crippen LogP contribution >= 0.6 is 0 Å². The van der Waals surface area contributed by atoms with Crippen LogP contribution in [0.15, 0.2) is 36.4 Å². The Morgan fingerprint density at radius 2 is 1.71 bits per heavy atom. The minimum absolute atomic E-state index is 0.0448. The molecule has 0 atom stereocenters. The van der Waals surface area contributed by atoms with Gasteiger partial charge in [-0.25, -0.2) is 13.2 Å². The van der Waals surface area contributed by atoms with Gasteiger partial charge >= 0.3 is 0 Å². The summed E-state index contributed by atoms with van der Waals surface area (Å²) in [4.78, 5) is 0. The summed E-state index contributed by atoms with van der Waals surface area (Å²) in [5, 5.41) is 3.14. The van der Waals surface area contributed by atoms with Gasteiger partial charge in [0.1, 0.15) is 18.2 Å². The molecule has 2 nitrogen and oxygen atoms in total. The minimum atomic E-state index is -0.992. The topological polar surface area (TPSA) is 21.3 Å². The Bertz CT molecular complexity index is 616. The Balaban J connectivity index is 2.06. The summed E-state index contributed by atoms with van der Waals surface area (Å²) in [6.07, 6.45) is 0. The Labute approximate surface area is 121 Å².